The van der Waals surface area contributed by atoms with Crippen LogP contribution in [0, 0.1) is 5.92 Å². The third-order valence-electron chi connectivity index (χ3n) is 4.35. The zero-order chi connectivity index (χ0) is 13.8. The predicted molar refractivity (Wildman–Crippen MR) is 73.0 cm³/mol. The topological polar surface area (TPSA) is 69.2 Å². The highest BCUT2D eigenvalue weighted by Crippen LogP contribution is 2.29. The van der Waals surface area contributed by atoms with Gasteiger partial charge in [0.25, 0.3) is 0 Å². The maximum Gasteiger partial charge on any atom is 0.321 e. The zero-order valence-corrected chi connectivity index (χ0v) is 11.7. The van der Waals surface area contributed by atoms with E-state index in [1.807, 2.05) is 19.3 Å². The summed E-state index contributed by atoms with van der Waals surface area (Å²) in [5, 5.41) is 16.3. The highest BCUT2D eigenvalue weighted by Gasteiger charge is 2.33. The first-order valence-corrected chi connectivity index (χ1v) is 7.09. The molecule has 2 heterocycles. The quantitative estimate of drug-likeness (QED) is 0.855. The first kappa shape index (κ1) is 14.1. The average Bonchev–Trinajstić information content (AvgIpc) is 2.93. The van der Waals surface area contributed by atoms with E-state index < -0.39 is 5.97 Å². The molecule has 1 aliphatic rings. The smallest absolute Gasteiger partial charge is 0.321 e. The maximum absolute atomic E-state index is 11.5. The van der Waals surface area contributed by atoms with Gasteiger partial charge in [0.1, 0.15) is 6.04 Å². The van der Waals surface area contributed by atoms with Gasteiger partial charge in [-0.15, -0.1) is 0 Å². The molecule has 2 atom stereocenters. The molecule has 5 nitrogen and oxygen atoms in total. The molecule has 2 N–H and O–H groups in total. The minimum absolute atomic E-state index is 0.197. The van der Waals surface area contributed by atoms with Crippen molar-refractivity contribution in [2.45, 2.75) is 45.1 Å². The highest BCUT2D eigenvalue weighted by atomic mass is 16.4. The lowest BCUT2D eigenvalue weighted by atomic mass is 9.88. The standard InChI is InChI=1S/C14H23N3O2/c1-3-10(2)13(14(18)19)17-6-4-11(5-7-17)12-8-15-16-9-12/h8-11,13H,3-7H2,1-2H3,(H,15,16)(H,18,19). The van der Waals surface area contributed by atoms with Crippen LogP contribution in [0.4, 0.5) is 0 Å². The molecule has 1 fully saturated rings. The van der Waals surface area contributed by atoms with E-state index in [0.29, 0.717) is 5.92 Å². The molecule has 1 saturated heterocycles. The Morgan fingerprint density at radius 1 is 1.58 bits per heavy atom. The Morgan fingerprint density at radius 3 is 2.74 bits per heavy atom. The van der Waals surface area contributed by atoms with Crippen molar-refractivity contribution in [1.29, 1.82) is 0 Å². The van der Waals surface area contributed by atoms with Crippen LogP contribution >= 0.6 is 0 Å². The number of hydrogen-bond acceptors (Lipinski definition) is 3. The summed E-state index contributed by atoms with van der Waals surface area (Å²) in [6, 6.07) is -0.338. The number of H-pyrrole nitrogens is 1. The summed E-state index contributed by atoms with van der Waals surface area (Å²) in [6.07, 6.45) is 6.76. The number of rotatable bonds is 5. The Kier molecular flexibility index (Phi) is 4.58. The van der Waals surface area contributed by atoms with Crippen LogP contribution in [0.5, 0.6) is 0 Å². The van der Waals surface area contributed by atoms with Crippen molar-refractivity contribution >= 4 is 5.97 Å². The predicted octanol–water partition coefficient (Wildman–Crippen LogP) is 2.09. The minimum atomic E-state index is -0.684. The van der Waals surface area contributed by atoms with E-state index in [1.165, 1.54) is 5.56 Å². The zero-order valence-electron chi connectivity index (χ0n) is 11.7. The van der Waals surface area contributed by atoms with Crippen molar-refractivity contribution in [3.63, 3.8) is 0 Å². The Balaban J connectivity index is 1.96. The molecule has 0 radical (unpaired) electrons. The fourth-order valence-corrected chi connectivity index (χ4v) is 2.98. The van der Waals surface area contributed by atoms with Crippen LogP contribution in [0.2, 0.25) is 0 Å². The van der Waals surface area contributed by atoms with Gasteiger partial charge in [-0.2, -0.15) is 5.10 Å². The van der Waals surface area contributed by atoms with Gasteiger partial charge in [0.2, 0.25) is 0 Å². The molecule has 0 spiro atoms. The Labute approximate surface area is 114 Å². The second-order valence-corrected chi connectivity index (χ2v) is 5.51. The van der Waals surface area contributed by atoms with Crippen LogP contribution in [0.3, 0.4) is 0 Å². The molecular weight excluding hydrogens is 242 g/mol. The third-order valence-corrected chi connectivity index (χ3v) is 4.35. The van der Waals surface area contributed by atoms with E-state index in [-0.39, 0.29) is 12.0 Å². The van der Waals surface area contributed by atoms with Gasteiger partial charge in [-0.3, -0.25) is 14.8 Å². The van der Waals surface area contributed by atoms with E-state index in [9.17, 15) is 9.90 Å². The lowest BCUT2D eigenvalue weighted by molar-refractivity contribution is -0.146. The van der Waals surface area contributed by atoms with Crippen molar-refractivity contribution in [2.24, 2.45) is 5.92 Å². The van der Waals surface area contributed by atoms with Crippen LogP contribution in [-0.4, -0.2) is 45.3 Å². The monoisotopic (exact) mass is 265 g/mol. The van der Waals surface area contributed by atoms with E-state index in [4.69, 9.17) is 0 Å². The maximum atomic E-state index is 11.5. The van der Waals surface area contributed by atoms with E-state index in [1.54, 1.807) is 0 Å². The van der Waals surface area contributed by atoms with Crippen molar-refractivity contribution in [3.05, 3.63) is 18.0 Å². The summed E-state index contributed by atoms with van der Waals surface area (Å²) in [4.78, 5) is 13.6. The number of aliphatic carboxylic acids is 1. The van der Waals surface area contributed by atoms with Gasteiger partial charge >= 0.3 is 5.97 Å². The molecule has 2 rings (SSSR count). The SMILES string of the molecule is CCC(C)C(C(=O)O)N1CCC(c2cn[nH]c2)CC1. The van der Waals surface area contributed by atoms with Crippen LogP contribution in [0.15, 0.2) is 12.4 Å². The molecule has 0 amide bonds. The van der Waals surface area contributed by atoms with Gasteiger partial charge < -0.3 is 5.11 Å². The van der Waals surface area contributed by atoms with Gasteiger partial charge in [0.15, 0.2) is 0 Å². The number of carboxylic acid groups (broad SMARTS) is 1. The molecule has 19 heavy (non-hydrogen) atoms. The summed E-state index contributed by atoms with van der Waals surface area (Å²) < 4.78 is 0. The Bertz CT molecular complexity index is 397. The van der Waals surface area contributed by atoms with Crippen LogP contribution < -0.4 is 0 Å². The van der Waals surface area contributed by atoms with Crippen LogP contribution in [-0.2, 0) is 4.79 Å². The number of piperidine rings is 1. The molecule has 5 heteroatoms. The number of likely N-dealkylation sites (tertiary alicyclic amines) is 1. The van der Waals surface area contributed by atoms with Crippen molar-refractivity contribution in [1.82, 2.24) is 15.1 Å². The molecule has 2 unspecified atom stereocenters. The minimum Gasteiger partial charge on any atom is -0.480 e. The number of carbonyl (C=O) groups is 1. The van der Waals surface area contributed by atoms with Crippen molar-refractivity contribution < 1.29 is 9.90 Å². The number of hydrogen-bond donors (Lipinski definition) is 2. The molecule has 0 bridgehead atoms. The number of aromatic amines is 1. The average molecular weight is 265 g/mol. The van der Waals surface area contributed by atoms with Crippen molar-refractivity contribution in [3.8, 4) is 0 Å². The second-order valence-electron chi connectivity index (χ2n) is 5.51. The molecule has 106 valence electrons. The second kappa shape index (κ2) is 6.19. The Hall–Kier alpha value is -1.36. The molecule has 0 aromatic carbocycles. The van der Waals surface area contributed by atoms with Gasteiger partial charge in [-0.1, -0.05) is 20.3 Å². The first-order chi connectivity index (χ1) is 9.13. The van der Waals surface area contributed by atoms with E-state index in [0.717, 1.165) is 32.4 Å². The lowest BCUT2D eigenvalue weighted by Gasteiger charge is -2.37. The largest absolute Gasteiger partial charge is 0.480 e. The fraction of sp³-hybridized carbons (Fsp3) is 0.714. The summed E-state index contributed by atoms with van der Waals surface area (Å²) >= 11 is 0. The number of nitrogens with zero attached hydrogens (tertiary/aromatic N) is 2. The number of nitrogens with one attached hydrogen (secondary N) is 1. The van der Waals surface area contributed by atoms with Crippen LogP contribution in [0.1, 0.15) is 44.6 Å². The van der Waals surface area contributed by atoms with Gasteiger partial charge in [-0.25, -0.2) is 0 Å². The molecule has 1 aliphatic heterocycles. The first-order valence-electron chi connectivity index (χ1n) is 7.09. The van der Waals surface area contributed by atoms with Crippen molar-refractivity contribution in [2.75, 3.05) is 13.1 Å². The third kappa shape index (κ3) is 3.15. The van der Waals surface area contributed by atoms with Gasteiger partial charge in [0.05, 0.1) is 6.20 Å². The molecule has 1 aromatic rings. The summed E-state index contributed by atoms with van der Waals surface area (Å²) in [6.45, 7) is 5.80. The van der Waals surface area contributed by atoms with Gasteiger partial charge in [0, 0.05) is 6.20 Å². The van der Waals surface area contributed by atoms with Crippen LogP contribution in [0.25, 0.3) is 0 Å². The number of aromatic nitrogens is 2. The normalized spacial score (nSPS) is 21.2. The van der Waals surface area contributed by atoms with E-state index >= 15 is 0 Å². The molecular formula is C14H23N3O2. The summed E-state index contributed by atoms with van der Waals surface area (Å²) in [5.74, 6) is 0.0282. The van der Waals surface area contributed by atoms with Gasteiger partial charge in [-0.05, 0) is 43.3 Å². The van der Waals surface area contributed by atoms with E-state index in [2.05, 4.69) is 22.0 Å². The summed E-state index contributed by atoms with van der Waals surface area (Å²) in [7, 11) is 0. The fourth-order valence-electron chi connectivity index (χ4n) is 2.98. The molecule has 0 saturated carbocycles. The highest BCUT2D eigenvalue weighted by molar-refractivity contribution is 5.73. The molecule has 0 aliphatic carbocycles. The lowest BCUT2D eigenvalue weighted by Crippen LogP contribution is -2.48. The Morgan fingerprint density at radius 2 is 2.26 bits per heavy atom. The molecule has 1 aromatic heterocycles. The summed E-state index contributed by atoms with van der Waals surface area (Å²) in [5.41, 5.74) is 1.25. The number of carboxylic acids is 1.